The number of carbonyl (C=O) groups excluding carboxylic acids is 4. The molecule has 1 aromatic carbocycles. The van der Waals surface area contributed by atoms with Crippen LogP contribution < -0.4 is 5.32 Å². The van der Waals surface area contributed by atoms with Crippen LogP contribution in [0.2, 0.25) is 0 Å². The Kier molecular flexibility index (Phi) is 6.74. The van der Waals surface area contributed by atoms with Crippen molar-refractivity contribution in [2.24, 2.45) is 0 Å². The van der Waals surface area contributed by atoms with E-state index in [1.807, 2.05) is 31.2 Å². The number of rotatable bonds is 5. The van der Waals surface area contributed by atoms with Crippen molar-refractivity contribution in [3.05, 3.63) is 51.4 Å². The summed E-state index contributed by atoms with van der Waals surface area (Å²) in [6.07, 6.45) is 0.325. The van der Waals surface area contributed by atoms with Gasteiger partial charge in [0.2, 0.25) is 5.91 Å². The molecule has 0 spiro atoms. The van der Waals surface area contributed by atoms with Gasteiger partial charge in [-0.1, -0.05) is 24.3 Å². The van der Waals surface area contributed by atoms with Crippen LogP contribution >= 0.6 is 11.3 Å². The molecule has 0 unspecified atom stereocenters. The van der Waals surface area contributed by atoms with Gasteiger partial charge < -0.3 is 19.7 Å². The molecule has 3 rings (SSSR count). The van der Waals surface area contributed by atoms with Gasteiger partial charge in [0.1, 0.15) is 11.0 Å². The molecule has 2 amide bonds. The smallest absolute Gasteiger partial charge is 0.341 e. The second-order valence-corrected chi connectivity index (χ2v) is 8.50. The van der Waals surface area contributed by atoms with Gasteiger partial charge >= 0.3 is 11.9 Å². The van der Waals surface area contributed by atoms with Crippen LogP contribution in [0.3, 0.4) is 0 Å². The van der Waals surface area contributed by atoms with Gasteiger partial charge in [-0.3, -0.25) is 9.59 Å². The highest BCUT2D eigenvalue weighted by Crippen LogP contribution is 2.33. The van der Waals surface area contributed by atoms with E-state index < -0.39 is 30.5 Å². The van der Waals surface area contributed by atoms with Crippen LogP contribution in [-0.4, -0.2) is 48.4 Å². The molecule has 1 aliphatic heterocycles. The third kappa shape index (κ3) is 4.77. The first-order chi connectivity index (χ1) is 14.7. The number of amides is 2. The quantitative estimate of drug-likeness (QED) is 0.712. The van der Waals surface area contributed by atoms with E-state index in [9.17, 15) is 19.2 Å². The van der Waals surface area contributed by atoms with Gasteiger partial charge in [-0.2, -0.15) is 0 Å². The summed E-state index contributed by atoms with van der Waals surface area (Å²) in [5.74, 6) is -2.02. The highest BCUT2D eigenvalue weighted by molar-refractivity contribution is 7.16. The summed E-state index contributed by atoms with van der Waals surface area (Å²) in [5, 5.41) is 2.96. The lowest BCUT2D eigenvalue weighted by Crippen LogP contribution is -2.48. The third-order valence-corrected chi connectivity index (χ3v) is 6.42. The predicted molar refractivity (Wildman–Crippen MR) is 115 cm³/mol. The molecule has 1 atom stereocenters. The normalized spacial score (nSPS) is 15.1. The van der Waals surface area contributed by atoms with Gasteiger partial charge in [0, 0.05) is 24.8 Å². The van der Waals surface area contributed by atoms with Crippen LogP contribution in [0.4, 0.5) is 5.00 Å². The highest BCUT2D eigenvalue weighted by atomic mass is 32.1. The molecule has 2 heterocycles. The number of benzene rings is 1. The molecule has 0 bridgehead atoms. The molecule has 8 nitrogen and oxygen atoms in total. The summed E-state index contributed by atoms with van der Waals surface area (Å²) in [7, 11) is 1.27. The molecule has 9 heteroatoms. The summed E-state index contributed by atoms with van der Waals surface area (Å²) < 4.78 is 10.0. The molecule has 2 aromatic rings. The average molecular weight is 445 g/mol. The Labute approximate surface area is 184 Å². The maximum atomic E-state index is 12.7. The van der Waals surface area contributed by atoms with E-state index in [0.29, 0.717) is 18.0 Å². The van der Waals surface area contributed by atoms with E-state index in [-0.39, 0.29) is 11.5 Å². The van der Waals surface area contributed by atoms with Crippen molar-refractivity contribution in [1.82, 2.24) is 4.90 Å². The number of hydrogen-bond donors (Lipinski definition) is 1. The fourth-order valence-electron chi connectivity index (χ4n) is 3.52. The Hall–Kier alpha value is -3.20. The van der Waals surface area contributed by atoms with Crippen molar-refractivity contribution in [3.8, 4) is 0 Å². The third-order valence-electron chi connectivity index (χ3n) is 5.30. The first-order valence-electron chi connectivity index (χ1n) is 9.71. The number of nitrogens with one attached hydrogen (secondary N) is 1. The molecule has 0 aliphatic carbocycles. The van der Waals surface area contributed by atoms with Gasteiger partial charge in [-0.25, -0.2) is 9.59 Å². The van der Waals surface area contributed by atoms with Gasteiger partial charge in [0.25, 0.3) is 5.91 Å². The van der Waals surface area contributed by atoms with Crippen molar-refractivity contribution in [1.29, 1.82) is 0 Å². The fourth-order valence-corrected chi connectivity index (χ4v) is 4.59. The molecule has 1 N–H and O–H groups in total. The second kappa shape index (κ2) is 9.30. The standard InChI is InChI=1S/C22H24N2O6S/c1-12-13(2)31-20(19(12)22(28)29-4)23-18(26)11-30-21(27)17-9-15-7-5-6-8-16(15)10-24(17)14(3)25/h5-8,17H,9-11H2,1-4H3,(H,23,26)/t17-/m1/s1. The number of anilines is 1. The zero-order valence-corrected chi connectivity index (χ0v) is 18.6. The Morgan fingerprint density at radius 1 is 1.16 bits per heavy atom. The Bertz CT molecular complexity index is 1040. The molecule has 0 radical (unpaired) electrons. The summed E-state index contributed by atoms with van der Waals surface area (Å²) in [4.78, 5) is 51.5. The number of fused-ring (bicyclic) bond motifs is 1. The second-order valence-electron chi connectivity index (χ2n) is 7.27. The Balaban J connectivity index is 1.67. The summed E-state index contributed by atoms with van der Waals surface area (Å²) in [6, 6.07) is 6.80. The van der Waals surface area contributed by atoms with E-state index >= 15 is 0 Å². The largest absolute Gasteiger partial charge is 0.465 e. The number of hydrogen-bond acceptors (Lipinski definition) is 7. The predicted octanol–water partition coefficient (Wildman–Crippen LogP) is 2.61. The van der Waals surface area contributed by atoms with E-state index in [4.69, 9.17) is 9.47 Å². The summed E-state index contributed by atoms with van der Waals surface area (Å²) >= 11 is 1.25. The van der Waals surface area contributed by atoms with Gasteiger partial charge in [-0.15, -0.1) is 11.3 Å². The van der Waals surface area contributed by atoms with Crippen LogP contribution in [0.1, 0.15) is 38.8 Å². The van der Waals surface area contributed by atoms with E-state index in [1.54, 1.807) is 6.92 Å². The Morgan fingerprint density at radius 2 is 1.84 bits per heavy atom. The number of aryl methyl sites for hydroxylation is 1. The molecule has 0 saturated heterocycles. The van der Waals surface area contributed by atoms with Crippen molar-refractivity contribution in [3.63, 3.8) is 0 Å². The average Bonchev–Trinajstić information content (AvgIpc) is 3.03. The summed E-state index contributed by atoms with van der Waals surface area (Å²) in [5.41, 5.74) is 2.97. The number of ether oxygens (including phenoxy) is 2. The minimum absolute atomic E-state index is 0.242. The molecule has 0 saturated carbocycles. The highest BCUT2D eigenvalue weighted by Gasteiger charge is 2.34. The minimum atomic E-state index is -0.794. The lowest BCUT2D eigenvalue weighted by atomic mass is 9.94. The van der Waals surface area contributed by atoms with Crippen molar-refractivity contribution >= 4 is 40.1 Å². The lowest BCUT2D eigenvalue weighted by molar-refractivity contribution is -0.157. The zero-order valence-electron chi connectivity index (χ0n) is 17.8. The van der Waals surface area contributed by atoms with Crippen molar-refractivity contribution in [2.75, 3.05) is 19.0 Å². The molecule has 164 valence electrons. The monoisotopic (exact) mass is 444 g/mol. The fraction of sp³-hybridized carbons (Fsp3) is 0.364. The van der Waals surface area contributed by atoms with E-state index in [1.165, 1.54) is 30.3 Å². The maximum Gasteiger partial charge on any atom is 0.341 e. The maximum absolute atomic E-state index is 12.7. The molecule has 31 heavy (non-hydrogen) atoms. The van der Waals surface area contributed by atoms with Crippen LogP contribution in [0.25, 0.3) is 0 Å². The van der Waals surface area contributed by atoms with E-state index in [2.05, 4.69) is 5.32 Å². The zero-order chi connectivity index (χ0) is 22.7. The first-order valence-corrected chi connectivity index (χ1v) is 10.5. The SMILES string of the molecule is COC(=O)c1c(NC(=O)COC(=O)[C@H]2Cc3ccccc3CN2C(C)=O)sc(C)c1C. The Morgan fingerprint density at radius 3 is 2.48 bits per heavy atom. The topological polar surface area (TPSA) is 102 Å². The molecular formula is C22H24N2O6S. The lowest BCUT2D eigenvalue weighted by Gasteiger charge is -2.34. The van der Waals surface area contributed by atoms with Crippen LogP contribution in [-0.2, 0) is 36.8 Å². The number of esters is 2. The first kappa shape index (κ1) is 22.5. The van der Waals surface area contributed by atoms with Gasteiger partial charge in [-0.05, 0) is 30.5 Å². The minimum Gasteiger partial charge on any atom is -0.465 e. The summed E-state index contributed by atoms with van der Waals surface area (Å²) in [6.45, 7) is 4.79. The molecule has 1 aromatic heterocycles. The number of carbonyl (C=O) groups is 4. The number of nitrogens with zero attached hydrogens (tertiary/aromatic N) is 1. The van der Waals surface area contributed by atoms with E-state index in [0.717, 1.165) is 21.6 Å². The van der Waals surface area contributed by atoms with Crippen molar-refractivity contribution < 1.29 is 28.7 Å². The molecule has 0 fully saturated rings. The number of methoxy groups -OCH3 is 1. The number of thiophene rings is 1. The molecule has 1 aliphatic rings. The van der Waals surface area contributed by atoms with Gasteiger partial charge in [0.15, 0.2) is 6.61 Å². The van der Waals surface area contributed by atoms with Crippen molar-refractivity contribution in [2.45, 2.75) is 39.8 Å². The van der Waals surface area contributed by atoms with Crippen LogP contribution in [0, 0.1) is 13.8 Å². The van der Waals surface area contributed by atoms with Crippen LogP contribution in [0.15, 0.2) is 24.3 Å². The molecular weight excluding hydrogens is 420 g/mol. The van der Waals surface area contributed by atoms with Crippen LogP contribution in [0.5, 0.6) is 0 Å². The van der Waals surface area contributed by atoms with Gasteiger partial charge in [0.05, 0.1) is 12.7 Å².